The summed E-state index contributed by atoms with van der Waals surface area (Å²) in [5.74, 6) is -2.04. The van der Waals surface area contributed by atoms with Crippen molar-refractivity contribution in [3.63, 3.8) is 0 Å². The first-order chi connectivity index (χ1) is 9.49. The van der Waals surface area contributed by atoms with Crippen LogP contribution in [0.15, 0.2) is 12.1 Å². The van der Waals surface area contributed by atoms with E-state index in [1.807, 2.05) is 0 Å². The third-order valence-electron chi connectivity index (χ3n) is 2.95. The van der Waals surface area contributed by atoms with Crippen molar-refractivity contribution < 1.29 is 29.4 Å². The highest BCUT2D eigenvalue weighted by Crippen LogP contribution is 2.34. The zero-order valence-electron chi connectivity index (χ0n) is 10.4. The van der Waals surface area contributed by atoms with Crippen LogP contribution in [-0.2, 0) is 4.74 Å². The minimum Gasteiger partial charge on any atom is -0.504 e. The van der Waals surface area contributed by atoms with E-state index in [4.69, 9.17) is 14.6 Å². The number of hydrogen-bond donors (Lipinski definition) is 2. The van der Waals surface area contributed by atoms with E-state index in [2.05, 4.69) is 0 Å². The first kappa shape index (κ1) is 14.1. The summed E-state index contributed by atoms with van der Waals surface area (Å²) in [4.78, 5) is 20.8. The largest absolute Gasteiger partial charge is 0.504 e. The van der Waals surface area contributed by atoms with Crippen LogP contribution in [0, 0.1) is 10.1 Å². The van der Waals surface area contributed by atoms with Gasteiger partial charge in [0.1, 0.15) is 12.2 Å². The van der Waals surface area contributed by atoms with Gasteiger partial charge < -0.3 is 19.7 Å². The van der Waals surface area contributed by atoms with Crippen molar-refractivity contribution >= 4 is 11.7 Å². The predicted octanol–water partition coefficient (Wildman–Crippen LogP) is 1.56. The SMILES string of the molecule is O=C(O)c1cc(OC[C@@H]2CCCO2)c(O)cc1[N+](=O)[O-]. The molecule has 0 aliphatic carbocycles. The van der Waals surface area contributed by atoms with Gasteiger partial charge in [0.15, 0.2) is 11.5 Å². The molecule has 1 aliphatic heterocycles. The summed E-state index contributed by atoms with van der Waals surface area (Å²) in [5, 5.41) is 29.3. The van der Waals surface area contributed by atoms with E-state index in [0.717, 1.165) is 25.0 Å². The molecule has 1 aromatic rings. The highest BCUT2D eigenvalue weighted by atomic mass is 16.6. The quantitative estimate of drug-likeness (QED) is 0.621. The molecule has 0 aromatic heterocycles. The van der Waals surface area contributed by atoms with Crippen LogP contribution in [0.3, 0.4) is 0 Å². The molecule has 0 unspecified atom stereocenters. The van der Waals surface area contributed by atoms with E-state index in [0.29, 0.717) is 6.61 Å². The molecule has 0 spiro atoms. The molecule has 1 atom stereocenters. The summed E-state index contributed by atoms with van der Waals surface area (Å²) >= 11 is 0. The van der Waals surface area contributed by atoms with Crippen LogP contribution >= 0.6 is 0 Å². The number of nitro benzene ring substituents is 1. The standard InChI is InChI=1S/C12H13NO7/c14-10-5-9(13(17)18)8(12(15)16)4-11(10)20-6-7-2-1-3-19-7/h4-5,7,14H,1-3,6H2,(H,15,16)/t7-/m0/s1. The molecule has 0 saturated carbocycles. The number of carboxylic acids is 1. The van der Waals surface area contributed by atoms with Crippen LogP contribution in [0.5, 0.6) is 11.5 Å². The number of ether oxygens (including phenoxy) is 2. The number of nitro groups is 1. The van der Waals surface area contributed by atoms with E-state index in [1.165, 1.54) is 0 Å². The lowest BCUT2D eigenvalue weighted by Crippen LogP contribution is -2.16. The summed E-state index contributed by atoms with van der Waals surface area (Å²) in [7, 11) is 0. The smallest absolute Gasteiger partial charge is 0.342 e. The van der Waals surface area contributed by atoms with Gasteiger partial charge in [-0.25, -0.2) is 4.79 Å². The number of hydrogen-bond acceptors (Lipinski definition) is 6. The van der Waals surface area contributed by atoms with Crippen LogP contribution in [0.4, 0.5) is 5.69 Å². The first-order valence-corrected chi connectivity index (χ1v) is 5.98. The van der Waals surface area contributed by atoms with Crippen molar-refractivity contribution in [1.29, 1.82) is 0 Å². The highest BCUT2D eigenvalue weighted by molar-refractivity contribution is 5.93. The van der Waals surface area contributed by atoms with Gasteiger partial charge in [0.05, 0.1) is 17.1 Å². The second-order valence-corrected chi connectivity index (χ2v) is 4.35. The first-order valence-electron chi connectivity index (χ1n) is 5.98. The Balaban J connectivity index is 2.22. The summed E-state index contributed by atoms with van der Waals surface area (Å²) in [6.45, 7) is 0.797. The van der Waals surface area contributed by atoms with Crippen molar-refractivity contribution in [2.75, 3.05) is 13.2 Å². The second kappa shape index (κ2) is 5.74. The fraction of sp³-hybridized carbons (Fsp3) is 0.417. The van der Waals surface area contributed by atoms with Crippen molar-refractivity contribution in [2.24, 2.45) is 0 Å². The van der Waals surface area contributed by atoms with Crippen molar-refractivity contribution in [1.82, 2.24) is 0 Å². The van der Waals surface area contributed by atoms with E-state index in [1.54, 1.807) is 0 Å². The lowest BCUT2D eigenvalue weighted by Gasteiger charge is -2.13. The minimum absolute atomic E-state index is 0.108. The number of aromatic carboxylic acids is 1. The Labute approximate surface area is 113 Å². The maximum atomic E-state index is 11.0. The normalized spacial score (nSPS) is 17.9. The molecule has 20 heavy (non-hydrogen) atoms. The monoisotopic (exact) mass is 283 g/mol. The predicted molar refractivity (Wildman–Crippen MR) is 66.2 cm³/mol. The average molecular weight is 283 g/mol. The molecule has 0 amide bonds. The topological polar surface area (TPSA) is 119 Å². The number of aromatic hydroxyl groups is 1. The van der Waals surface area contributed by atoms with Gasteiger partial charge in [-0.15, -0.1) is 0 Å². The molecule has 1 heterocycles. The summed E-state index contributed by atoms with van der Waals surface area (Å²) in [6.07, 6.45) is 1.62. The molecular formula is C12H13NO7. The Kier molecular flexibility index (Phi) is 4.04. The Morgan fingerprint density at radius 3 is 2.85 bits per heavy atom. The second-order valence-electron chi connectivity index (χ2n) is 4.35. The van der Waals surface area contributed by atoms with Crippen molar-refractivity contribution in [3.8, 4) is 11.5 Å². The van der Waals surface area contributed by atoms with E-state index < -0.39 is 27.9 Å². The maximum absolute atomic E-state index is 11.0. The Bertz CT molecular complexity index is 537. The summed E-state index contributed by atoms with van der Waals surface area (Å²) in [6, 6.07) is 1.72. The molecule has 1 saturated heterocycles. The molecule has 1 aliphatic rings. The third kappa shape index (κ3) is 2.97. The van der Waals surface area contributed by atoms with Gasteiger partial charge in [-0.2, -0.15) is 0 Å². The number of benzene rings is 1. The molecule has 0 bridgehead atoms. The van der Waals surface area contributed by atoms with E-state index in [9.17, 15) is 20.0 Å². The van der Waals surface area contributed by atoms with Gasteiger partial charge >= 0.3 is 5.97 Å². The van der Waals surface area contributed by atoms with E-state index >= 15 is 0 Å². The zero-order valence-corrected chi connectivity index (χ0v) is 10.4. The summed E-state index contributed by atoms with van der Waals surface area (Å²) < 4.78 is 10.6. The lowest BCUT2D eigenvalue weighted by molar-refractivity contribution is -0.385. The zero-order chi connectivity index (χ0) is 14.7. The minimum atomic E-state index is -1.46. The van der Waals surface area contributed by atoms with Crippen LogP contribution < -0.4 is 4.74 Å². The van der Waals surface area contributed by atoms with Crippen LogP contribution in [0.2, 0.25) is 0 Å². The van der Waals surface area contributed by atoms with Gasteiger partial charge in [0.2, 0.25) is 0 Å². The molecular weight excluding hydrogens is 270 g/mol. The van der Waals surface area contributed by atoms with Gasteiger partial charge in [-0.1, -0.05) is 0 Å². The molecule has 8 heteroatoms. The number of rotatable bonds is 5. The summed E-state index contributed by atoms with van der Waals surface area (Å²) in [5.41, 5.74) is -1.21. The molecule has 2 N–H and O–H groups in total. The number of carbonyl (C=O) groups is 1. The average Bonchev–Trinajstić information content (AvgIpc) is 2.89. The number of carboxylic acid groups (broad SMARTS) is 1. The number of phenolic OH excluding ortho intramolecular Hbond substituents is 1. The Hall–Kier alpha value is -2.35. The van der Waals surface area contributed by atoms with Gasteiger partial charge in [0, 0.05) is 12.7 Å². The number of phenols is 1. The number of nitrogens with zero attached hydrogens (tertiary/aromatic N) is 1. The van der Waals surface area contributed by atoms with Gasteiger partial charge in [-0.05, 0) is 12.8 Å². The molecule has 108 valence electrons. The van der Waals surface area contributed by atoms with Gasteiger partial charge in [-0.3, -0.25) is 10.1 Å². The fourth-order valence-electron chi connectivity index (χ4n) is 1.95. The van der Waals surface area contributed by atoms with Crippen LogP contribution in [0.1, 0.15) is 23.2 Å². The van der Waals surface area contributed by atoms with E-state index in [-0.39, 0.29) is 18.5 Å². The van der Waals surface area contributed by atoms with Crippen molar-refractivity contribution in [3.05, 3.63) is 27.8 Å². The molecule has 0 radical (unpaired) electrons. The highest BCUT2D eigenvalue weighted by Gasteiger charge is 2.24. The van der Waals surface area contributed by atoms with Crippen LogP contribution in [-0.4, -0.2) is 40.4 Å². The molecule has 1 aromatic carbocycles. The Morgan fingerprint density at radius 1 is 1.55 bits per heavy atom. The molecule has 1 fully saturated rings. The van der Waals surface area contributed by atoms with Crippen LogP contribution in [0.25, 0.3) is 0 Å². The molecule has 2 rings (SSSR count). The lowest BCUT2D eigenvalue weighted by atomic mass is 10.1. The maximum Gasteiger partial charge on any atom is 0.342 e. The third-order valence-corrected chi connectivity index (χ3v) is 2.95. The fourth-order valence-corrected chi connectivity index (χ4v) is 1.95. The Morgan fingerprint density at radius 2 is 2.30 bits per heavy atom. The molecule has 8 nitrogen and oxygen atoms in total. The van der Waals surface area contributed by atoms with Crippen molar-refractivity contribution in [2.45, 2.75) is 18.9 Å². The van der Waals surface area contributed by atoms with Gasteiger partial charge in [0.25, 0.3) is 5.69 Å².